The lowest BCUT2D eigenvalue weighted by Gasteiger charge is -2.28. The Labute approximate surface area is 353 Å². The SMILES string of the molecule is CC(C)(C)OC(=O)[C@@H](Cc1ccc(CNCCOc2ccc(C[C@H](C(=O)OC(C)(C)C)[C@H]3CCN(C(=O)OC(C)(C)C)C3)cc2)cc1)[C@H]1CCN(C(=O)OC(C)(C)C)C1. The second kappa shape index (κ2) is 19.8. The summed E-state index contributed by atoms with van der Waals surface area (Å²) >= 11 is 0. The van der Waals surface area contributed by atoms with Crippen molar-refractivity contribution in [2.24, 2.45) is 23.7 Å². The molecule has 2 fully saturated rings. The van der Waals surface area contributed by atoms with Gasteiger partial charge in [-0.1, -0.05) is 36.4 Å². The highest BCUT2D eigenvalue weighted by Crippen LogP contribution is 2.33. The number of carbonyl (C=O) groups excluding carboxylic acids is 4. The van der Waals surface area contributed by atoms with Crippen molar-refractivity contribution in [3.63, 3.8) is 0 Å². The van der Waals surface area contributed by atoms with E-state index in [9.17, 15) is 19.2 Å². The minimum atomic E-state index is -0.619. The molecular formula is C47H71N3O9. The standard InChI is InChI=1S/C47H71N3O9/c1-44(2,3)56-40(51)38(35-21-24-49(30-35)42(53)58-46(7,8)9)27-32-13-15-34(16-14-32)29-48-23-26-55-37-19-17-33(18-20-37)28-39(41(52)57-45(4,5)6)36-22-25-50(31-36)43(54)59-47(10,11)12/h13-20,35-36,38-39,48H,21-31H2,1-12H3/t35-,36-,38-,39-/m0/s1. The molecule has 0 aromatic heterocycles. The molecule has 1 N–H and O–H groups in total. The van der Waals surface area contributed by atoms with Gasteiger partial charge in [0.2, 0.25) is 0 Å². The smallest absolute Gasteiger partial charge is 0.410 e. The first-order valence-corrected chi connectivity index (χ1v) is 21.3. The number of benzene rings is 2. The van der Waals surface area contributed by atoms with E-state index in [1.54, 1.807) is 9.80 Å². The van der Waals surface area contributed by atoms with Crippen molar-refractivity contribution < 1.29 is 42.9 Å². The van der Waals surface area contributed by atoms with E-state index in [0.717, 1.165) is 22.4 Å². The Hall–Kier alpha value is -4.32. The van der Waals surface area contributed by atoms with Gasteiger partial charge < -0.3 is 38.8 Å². The Morgan fingerprint density at radius 2 is 0.949 bits per heavy atom. The Morgan fingerprint density at radius 1 is 0.576 bits per heavy atom. The van der Waals surface area contributed by atoms with Gasteiger partial charge in [-0.05, 0) is 149 Å². The summed E-state index contributed by atoms with van der Waals surface area (Å²) < 4.78 is 28.9. The van der Waals surface area contributed by atoms with Crippen LogP contribution >= 0.6 is 0 Å². The molecule has 0 unspecified atom stereocenters. The molecule has 2 aliphatic heterocycles. The van der Waals surface area contributed by atoms with Crippen LogP contribution in [0.2, 0.25) is 0 Å². The van der Waals surface area contributed by atoms with Crippen molar-refractivity contribution in [3.05, 3.63) is 65.2 Å². The Balaban J connectivity index is 1.26. The molecule has 0 bridgehead atoms. The van der Waals surface area contributed by atoms with Gasteiger partial charge >= 0.3 is 24.1 Å². The number of hydrogen-bond donors (Lipinski definition) is 1. The highest BCUT2D eigenvalue weighted by Gasteiger charge is 2.40. The Morgan fingerprint density at radius 3 is 1.34 bits per heavy atom. The first-order chi connectivity index (χ1) is 27.3. The van der Waals surface area contributed by atoms with Crippen LogP contribution in [-0.4, -0.2) is 95.7 Å². The van der Waals surface area contributed by atoms with Gasteiger partial charge in [-0.2, -0.15) is 0 Å². The van der Waals surface area contributed by atoms with Crippen LogP contribution in [-0.2, 0) is 47.9 Å². The number of esters is 2. The van der Waals surface area contributed by atoms with Crippen molar-refractivity contribution in [3.8, 4) is 5.75 Å². The van der Waals surface area contributed by atoms with Gasteiger partial charge in [0.1, 0.15) is 34.8 Å². The van der Waals surface area contributed by atoms with Gasteiger partial charge in [-0.15, -0.1) is 0 Å². The van der Waals surface area contributed by atoms with Crippen LogP contribution in [0.15, 0.2) is 48.5 Å². The number of carbonyl (C=O) groups is 4. The van der Waals surface area contributed by atoms with Crippen molar-refractivity contribution in [2.45, 2.75) is 138 Å². The number of rotatable bonds is 14. The van der Waals surface area contributed by atoms with Crippen molar-refractivity contribution >= 4 is 24.1 Å². The molecule has 2 aliphatic rings. The molecule has 0 aliphatic carbocycles. The first-order valence-electron chi connectivity index (χ1n) is 21.3. The molecule has 2 heterocycles. The number of nitrogens with zero attached hydrogens (tertiary/aromatic N) is 2. The maximum Gasteiger partial charge on any atom is 0.410 e. The number of ether oxygens (including phenoxy) is 5. The predicted molar refractivity (Wildman–Crippen MR) is 228 cm³/mol. The Kier molecular flexibility index (Phi) is 15.9. The number of likely N-dealkylation sites (tertiary alicyclic amines) is 2. The molecule has 2 amide bonds. The van der Waals surface area contributed by atoms with Gasteiger partial charge in [0.25, 0.3) is 0 Å². The molecule has 2 saturated heterocycles. The van der Waals surface area contributed by atoms with Crippen LogP contribution < -0.4 is 10.1 Å². The summed E-state index contributed by atoms with van der Waals surface area (Å²) in [6.45, 7) is 26.1. The highest BCUT2D eigenvalue weighted by molar-refractivity contribution is 5.75. The predicted octanol–water partition coefficient (Wildman–Crippen LogP) is 8.37. The molecule has 4 atom stereocenters. The van der Waals surface area contributed by atoms with E-state index in [1.807, 2.05) is 107 Å². The van der Waals surface area contributed by atoms with Gasteiger partial charge in [0.05, 0.1) is 11.8 Å². The van der Waals surface area contributed by atoms with E-state index < -0.39 is 28.3 Å². The minimum Gasteiger partial charge on any atom is -0.492 e. The third kappa shape index (κ3) is 16.3. The first kappa shape index (κ1) is 47.4. The van der Waals surface area contributed by atoms with Crippen LogP contribution in [0.4, 0.5) is 9.59 Å². The lowest BCUT2D eigenvalue weighted by molar-refractivity contribution is -0.163. The number of amides is 2. The summed E-state index contributed by atoms with van der Waals surface area (Å²) in [5.41, 5.74) is 0.743. The topological polar surface area (TPSA) is 133 Å². The minimum absolute atomic E-state index is 0.0280. The van der Waals surface area contributed by atoms with E-state index in [-0.39, 0.29) is 41.9 Å². The summed E-state index contributed by atoms with van der Waals surface area (Å²) in [4.78, 5) is 55.8. The normalized spacial score (nSPS) is 18.6. The fraction of sp³-hybridized carbons (Fsp3) is 0.660. The summed E-state index contributed by atoms with van der Waals surface area (Å²) in [5, 5.41) is 3.44. The summed E-state index contributed by atoms with van der Waals surface area (Å²) in [6, 6.07) is 16.1. The molecule has 2 aromatic rings. The molecule has 2 aromatic carbocycles. The van der Waals surface area contributed by atoms with E-state index in [0.29, 0.717) is 71.6 Å². The molecule has 4 rings (SSSR count). The number of hydrogen-bond acceptors (Lipinski definition) is 10. The maximum atomic E-state index is 13.5. The van der Waals surface area contributed by atoms with Gasteiger partial charge in [0, 0.05) is 39.3 Å². The largest absolute Gasteiger partial charge is 0.492 e. The summed E-state index contributed by atoms with van der Waals surface area (Å²) in [5.74, 6) is -0.607. The fourth-order valence-electron chi connectivity index (χ4n) is 7.35. The molecule has 12 nitrogen and oxygen atoms in total. The third-order valence-electron chi connectivity index (χ3n) is 10.0. The van der Waals surface area contributed by atoms with Crippen LogP contribution in [0.25, 0.3) is 0 Å². The van der Waals surface area contributed by atoms with Crippen LogP contribution in [0.3, 0.4) is 0 Å². The monoisotopic (exact) mass is 822 g/mol. The van der Waals surface area contributed by atoms with Crippen molar-refractivity contribution in [1.29, 1.82) is 0 Å². The molecule has 59 heavy (non-hydrogen) atoms. The van der Waals surface area contributed by atoms with Gasteiger partial charge in [0.15, 0.2) is 0 Å². The van der Waals surface area contributed by atoms with Crippen molar-refractivity contribution in [2.75, 3.05) is 39.3 Å². The Bertz CT molecular complexity index is 1570. The number of nitrogens with one attached hydrogen (secondary N) is 1. The van der Waals surface area contributed by atoms with E-state index in [1.165, 1.54) is 0 Å². The maximum absolute atomic E-state index is 13.5. The van der Waals surface area contributed by atoms with Crippen molar-refractivity contribution in [1.82, 2.24) is 15.1 Å². The summed E-state index contributed by atoms with van der Waals surface area (Å²) in [6.07, 6.45) is 1.74. The zero-order chi connectivity index (χ0) is 43.8. The molecule has 0 saturated carbocycles. The van der Waals surface area contributed by atoms with Crippen LogP contribution in [0.1, 0.15) is 113 Å². The average Bonchev–Trinajstić information content (AvgIpc) is 3.79. The zero-order valence-electron chi connectivity index (χ0n) is 37.8. The van der Waals surface area contributed by atoms with E-state index in [2.05, 4.69) is 29.6 Å². The molecule has 0 radical (unpaired) electrons. The zero-order valence-corrected chi connectivity index (χ0v) is 37.8. The van der Waals surface area contributed by atoms with Gasteiger partial charge in [-0.25, -0.2) is 9.59 Å². The third-order valence-corrected chi connectivity index (χ3v) is 10.0. The molecular weight excluding hydrogens is 751 g/mol. The van der Waals surface area contributed by atoms with Crippen LogP contribution in [0.5, 0.6) is 5.75 Å². The van der Waals surface area contributed by atoms with Gasteiger partial charge in [-0.3, -0.25) is 9.59 Å². The molecule has 0 spiro atoms. The van der Waals surface area contributed by atoms with E-state index >= 15 is 0 Å². The fourth-order valence-corrected chi connectivity index (χ4v) is 7.35. The second-order valence-electron chi connectivity index (χ2n) is 20.1. The highest BCUT2D eigenvalue weighted by atomic mass is 16.6. The lowest BCUT2D eigenvalue weighted by atomic mass is 9.85. The quantitative estimate of drug-likeness (QED) is 0.113. The second-order valence-corrected chi connectivity index (χ2v) is 20.1. The van der Waals surface area contributed by atoms with E-state index in [4.69, 9.17) is 23.7 Å². The molecule has 12 heteroatoms. The van der Waals surface area contributed by atoms with Crippen LogP contribution in [0, 0.1) is 23.7 Å². The lowest BCUT2D eigenvalue weighted by Crippen LogP contribution is -2.38. The summed E-state index contributed by atoms with van der Waals surface area (Å²) in [7, 11) is 0. The average molecular weight is 822 g/mol. The molecule has 328 valence electrons.